The van der Waals surface area contributed by atoms with Crippen LogP contribution in [0.2, 0.25) is 5.02 Å². The number of hydrogen-bond acceptors (Lipinski definition) is 4. The van der Waals surface area contributed by atoms with Crippen LogP contribution in [0.1, 0.15) is 41.2 Å². The summed E-state index contributed by atoms with van der Waals surface area (Å²) in [5, 5.41) is -0.358. The maximum absolute atomic E-state index is 13.7. The van der Waals surface area contributed by atoms with Gasteiger partial charge in [0.1, 0.15) is 11.1 Å². The second-order valence-corrected chi connectivity index (χ2v) is 11.2. The van der Waals surface area contributed by atoms with Crippen molar-refractivity contribution in [3.05, 3.63) is 107 Å². The first-order valence-corrected chi connectivity index (χ1v) is 13.4. The summed E-state index contributed by atoms with van der Waals surface area (Å²) in [6, 6.07) is 18.0. The molecule has 35 heavy (non-hydrogen) atoms. The van der Waals surface area contributed by atoms with Crippen molar-refractivity contribution in [3.8, 4) is 11.5 Å². The van der Waals surface area contributed by atoms with Gasteiger partial charge in [0.25, 0.3) is 0 Å². The van der Waals surface area contributed by atoms with Crippen molar-refractivity contribution in [1.29, 1.82) is 0 Å². The smallest absolute Gasteiger partial charge is 0.305 e. The molecule has 0 spiro atoms. The van der Waals surface area contributed by atoms with Crippen molar-refractivity contribution >= 4 is 21.6 Å². The SMILES string of the molecule is C=CC(c1ccc2c(c1)OC(c1ccc(F)cc1)(c1ccc(Cl)cc1)O2)S(=O)(=O)N1CCCCC1. The molecule has 0 aromatic heterocycles. The predicted octanol–water partition coefficient (Wildman–Crippen LogP) is 6.19. The van der Waals surface area contributed by atoms with Gasteiger partial charge in [-0.15, -0.1) is 6.58 Å². The molecular weight excluding hydrogens is 489 g/mol. The van der Waals surface area contributed by atoms with E-state index < -0.39 is 21.1 Å². The number of ether oxygens (including phenoxy) is 2. The van der Waals surface area contributed by atoms with Crippen LogP contribution in [-0.4, -0.2) is 25.8 Å². The molecule has 2 aliphatic rings. The van der Waals surface area contributed by atoms with E-state index in [0.29, 0.717) is 46.3 Å². The summed E-state index contributed by atoms with van der Waals surface area (Å²) in [5.41, 5.74) is 1.78. The number of fused-ring (bicyclic) bond motifs is 1. The maximum atomic E-state index is 13.7. The highest BCUT2D eigenvalue weighted by atomic mass is 35.5. The molecule has 0 N–H and O–H groups in total. The molecule has 8 heteroatoms. The van der Waals surface area contributed by atoms with E-state index in [1.54, 1.807) is 58.9 Å². The summed E-state index contributed by atoms with van der Waals surface area (Å²) in [6.45, 7) is 4.84. The minimum Gasteiger partial charge on any atom is -0.440 e. The molecule has 182 valence electrons. The van der Waals surface area contributed by atoms with Crippen LogP contribution in [0.15, 0.2) is 79.4 Å². The fourth-order valence-electron chi connectivity index (χ4n) is 4.65. The number of benzene rings is 3. The number of nitrogens with zero attached hydrogens (tertiary/aromatic N) is 1. The van der Waals surface area contributed by atoms with Gasteiger partial charge in [0.05, 0.1) is 0 Å². The Morgan fingerprint density at radius 3 is 2.14 bits per heavy atom. The number of halogens is 2. The average molecular weight is 514 g/mol. The van der Waals surface area contributed by atoms with Crippen molar-refractivity contribution < 1.29 is 22.3 Å². The van der Waals surface area contributed by atoms with Crippen LogP contribution in [0.25, 0.3) is 0 Å². The first kappa shape index (κ1) is 23.9. The highest BCUT2D eigenvalue weighted by Crippen LogP contribution is 2.49. The van der Waals surface area contributed by atoms with Gasteiger partial charge in [0.2, 0.25) is 10.0 Å². The largest absolute Gasteiger partial charge is 0.440 e. The topological polar surface area (TPSA) is 55.8 Å². The highest BCUT2D eigenvalue weighted by Gasteiger charge is 2.46. The second kappa shape index (κ2) is 9.30. The molecule has 2 aliphatic heterocycles. The van der Waals surface area contributed by atoms with E-state index in [0.717, 1.165) is 19.3 Å². The third-order valence-electron chi connectivity index (χ3n) is 6.46. The van der Waals surface area contributed by atoms with Gasteiger partial charge in [0, 0.05) is 29.2 Å². The van der Waals surface area contributed by atoms with Gasteiger partial charge in [-0.1, -0.05) is 30.2 Å². The summed E-state index contributed by atoms with van der Waals surface area (Å²) in [4.78, 5) is 0. The Hall–Kier alpha value is -2.87. The summed E-state index contributed by atoms with van der Waals surface area (Å²) < 4.78 is 54.8. The van der Waals surface area contributed by atoms with Gasteiger partial charge in [-0.25, -0.2) is 17.1 Å². The summed E-state index contributed by atoms with van der Waals surface area (Å²) in [7, 11) is -3.62. The number of hydrogen-bond donors (Lipinski definition) is 0. The molecule has 3 aromatic rings. The quantitative estimate of drug-likeness (QED) is 0.368. The number of sulfonamides is 1. The highest BCUT2D eigenvalue weighted by molar-refractivity contribution is 7.89. The molecular formula is C27H25ClFNO4S. The van der Waals surface area contributed by atoms with Gasteiger partial charge in [0.15, 0.2) is 11.5 Å². The van der Waals surface area contributed by atoms with Crippen LogP contribution in [0.5, 0.6) is 11.5 Å². The normalized spacial score (nSPS) is 21.0. The van der Waals surface area contributed by atoms with E-state index >= 15 is 0 Å². The van der Waals surface area contributed by atoms with Gasteiger partial charge in [-0.2, -0.15) is 0 Å². The van der Waals surface area contributed by atoms with E-state index in [1.165, 1.54) is 18.2 Å². The first-order valence-electron chi connectivity index (χ1n) is 11.5. The van der Waals surface area contributed by atoms with Crippen molar-refractivity contribution in [2.75, 3.05) is 13.1 Å². The first-order chi connectivity index (χ1) is 16.8. The molecule has 2 heterocycles. The van der Waals surface area contributed by atoms with Crippen LogP contribution >= 0.6 is 11.6 Å². The molecule has 1 saturated heterocycles. The van der Waals surface area contributed by atoms with E-state index in [1.807, 2.05) is 0 Å². The fraction of sp³-hybridized carbons (Fsp3) is 0.259. The standard InChI is InChI=1S/C27H25ClFNO4S/c1-2-26(35(31,32)30-16-4-3-5-17-30)19-6-15-24-25(18-19)34-27(33-24,20-7-11-22(28)12-8-20)21-9-13-23(29)14-10-21/h2,6-15,18,26H,1,3-5,16-17H2. The monoisotopic (exact) mass is 513 g/mol. The van der Waals surface area contributed by atoms with Gasteiger partial charge < -0.3 is 9.47 Å². The van der Waals surface area contributed by atoms with Gasteiger partial charge in [-0.3, -0.25) is 0 Å². The maximum Gasteiger partial charge on any atom is 0.305 e. The van der Waals surface area contributed by atoms with E-state index in [2.05, 4.69) is 6.58 Å². The molecule has 2 unspecified atom stereocenters. The van der Waals surface area contributed by atoms with Crippen molar-refractivity contribution in [1.82, 2.24) is 4.31 Å². The van der Waals surface area contributed by atoms with Crippen LogP contribution in [-0.2, 0) is 15.8 Å². The molecule has 3 aromatic carbocycles. The van der Waals surface area contributed by atoms with Gasteiger partial charge in [-0.05, 0) is 79.1 Å². The minimum absolute atomic E-state index is 0.380. The summed E-state index contributed by atoms with van der Waals surface area (Å²) >= 11 is 6.10. The van der Waals surface area contributed by atoms with Crippen molar-refractivity contribution in [3.63, 3.8) is 0 Å². The Morgan fingerprint density at radius 1 is 0.914 bits per heavy atom. The zero-order valence-corrected chi connectivity index (χ0v) is 20.6. The third-order valence-corrected chi connectivity index (χ3v) is 8.91. The van der Waals surface area contributed by atoms with Crippen LogP contribution < -0.4 is 9.47 Å². The van der Waals surface area contributed by atoms with Gasteiger partial charge >= 0.3 is 5.79 Å². The number of piperidine rings is 1. The summed E-state index contributed by atoms with van der Waals surface area (Å²) in [5.74, 6) is -0.919. The molecule has 5 rings (SSSR count). The molecule has 1 fully saturated rings. The lowest BCUT2D eigenvalue weighted by molar-refractivity contribution is -0.0459. The lowest BCUT2D eigenvalue weighted by Gasteiger charge is -2.29. The molecule has 0 aliphatic carbocycles. The molecule has 0 radical (unpaired) electrons. The fourth-order valence-corrected chi connectivity index (χ4v) is 6.59. The Morgan fingerprint density at radius 2 is 1.51 bits per heavy atom. The van der Waals surface area contributed by atoms with E-state index in [9.17, 15) is 12.8 Å². The lowest BCUT2D eigenvalue weighted by Crippen LogP contribution is -2.38. The molecule has 2 atom stereocenters. The predicted molar refractivity (Wildman–Crippen MR) is 134 cm³/mol. The minimum atomic E-state index is -3.62. The van der Waals surface area contributed by atoms with Crippen LogP contribution in [0.4, 0.5) is 4.39 Å². The van der Waals surface area contributed by atoms with Crippen LogP contribution in [0, 0.1) is 5.82 Å². The van der Waals surface area contributed by atoms with E-state index in [4.69, 9.17) is 21.1 Å². The zero-order valence-electron chi connectivity index (χ0n) is 19.0. The molecule has 0 saturated carbocycles. The Kier molecular flexibility index (Phi) is 6.34. The third kappa shape index (κ3) is 4.33. The molecule has 0 amide bonds. The zero-order chi connectivity index (χ0) is 24.6. The molecule has 0 bridgehead atoms. The van der Waals surface area contributed by atoms with E-state index in [-0.39, 0.29) is 5.82 Å². The van der Waals surface area contributed by atoms with Crippen LogP contribution in [0.3, 0.4) is 0 Å². The Balaban J connectivity index is 1.54. The van der Waals surface area contributed by atoms with Crippen molar-refractivity contribution in [2.24, 2.45) is 0 Å². The Bertz CT molecular complexity index is 1290. The lowest BCUT2D eigenvalue weighted by atomic mass is 9.97. The molecule has 5 nitrogen and oxygen atoms in total. The summed E-state index contributed by atoms with van der Waals surface area (Å²) in [6.07, 6.45) is 4.19. The van der Waals surface area contributed by atoms with Crippen molar-refractivity contribution in [2.45, 2.75) is 30.3 Å². The average Bonchev–Trinajstić information content (AvgIpc) is 3.26. The second-order valence-electron chi connectivity index (χ2n) is 8.70. The Labute approximate surface area is 209 Å². The number of rotatable bonds is 6.